The van der Waals surface area contributed by atoms with Gasteiger partial charge in [-0.25, -0.2) is 8.42 Å². The fourth-order valence-corrected chi connectivity index (χ4v) is 5.78. The molecule has 31 heavy (non-hydrogen) atoms. The average Bonchev–Trinajstić information content (AvgIpc) is 3.05. The molecule has 0 radical (unpaired) electrons. The van der Waals surface area contributed by atoms with E-state index in [0.29, 0.717) is 24.2 Å². The van der Waals surface area contributed by atoms with Crippen LogP contribution in [-0.4, -0.2) is 38.3 Å². The fourth-order valence-electron chi connectivity index (χ4n) is 3.01. The van der Waals surface area contributed by atoms with Gasteiger partial charge < -0.3 is 20.9 Å². The molecule has 1 aromatic carbocycles. The maximum atomic E-state index is 12.9. The number of halogens is 3. The predicted molar refractivity (Wildman–Crippen MR) is 103 cm³/mol. The first-order chi connectivity index (χ1) is 14.4. The molecule has 1 heterocycles. The van der Waals surface area contributed by atoms with Gasteiger partial charge in [-0.15, -0.1) is 24.5 Å². The number of carbonyl (C=O) groups excluding carboxylic acids is 2. The number of nitrogens with two attached hydrogens (primary N) is 1. The number of sulfone groups is 1. The monoisotopic (exact) mass is 478 g/mol. The lowest BCUT2D eigenvalue weighted by molar-refractivity contribution is -0.274. The van der Waals surface area contributed by atoms with E-state index in [0.717, 1.165) is 36.8 Å². The zero-order chi connectivity index (χ0) is 23.0. The molecular formula is C18H17F3N2O6S2. The minimum atomic E-state index is -4.93. The van der Waals surface area contributed by atoms with Crippen molar-refractivity contribution in [3.8, 4) is 5.75 Å². The third kappa shape index (κ3) is 4.67. The van der Waals surface area contributed by atoms with Gasteiger partial charge in [0.25, 0.3) is 5.91 Å². The van der Waals surface area contributed by atoms with Crippen LogP contribution >= 0.6 is 11.3 Å². The molecule has 2 amide bonds. The van der Waals surface area contributed by atoms with Crippen molar-refractivity contribution in [1.29, 1.82) is 0 Å². The summed E-state index contributed by atoms with van der Waals surface area (Å²) in [6, 6.07) is 4.52. The molecule has 0 unspecified atom stereocenters. The van der Waals surface area contributed by atoms with Gasteiger partial charge in [0.2, 0.25) is 15.7 Å². The molecule has 1 fully saturated rings. The predicted octanol–water partition coefficient (Wildman–Crippen LogP) is 2.68. The van der Waals surface area contributed by atoms with Crippen LogP contribution in [0.25, 0.3) is 0 Å². The lowest BCUT2D eigenvalue weighted by Crippen LogP contribution is -2.44. The molecule has 1 saturated carbocycles. The standard InChI is InChI=1S/C18H17F3N2O6S2/c19-18(20,21)29-10-2-4-11(5-3-10)31(27,28)13-8-12(14(22)25)15(30-13)23-16(26)17(9-24)6-1-7-17/h2-5,8,24H,1,6-7,9H2,(H2,22,25)(H,23,26). The first kappa shape index (κ1) is 23.0. The second-order valence-corrected chi connectivity index (χ2v) is 10.2. The van der Waals surface area contributed by atoms with Crippen LogP contribution in [0.4, 0.5) is 18.2 Å². The summed E-state index contributed by atoms with van der Waals surface area (Å²) >= 11 is 0.580. The second kappa shape index (κ2) is 8.13. The Morgan fingerprint density at radius 3 is 2.29 bits per heavy atom. The lowest BCUT2D eigenvalue weighted by atomic mass is 9.69. The van der Waals surface area contributed by atoms with E-state index in [2.05, 4.69) is 10.1 Å². The minimum Gasteiger partial charge on any atom is -0.406 e. The topological polar surface area (TPSA) is 136 Å². The lowest BCUT2D eigenvalue weighted by Gasteiger charge is -2.38. The number of ether oxygens (including phenoxy) is 1. The van der Waals surface area contributed by atoms with Gasteiger partial charge in [0.05, 0.1) is 22.5 Å². The van der Waals surface area contributed by atoms with Crippen molar-refractivity contribution in [2.24, 2.45) is 11.1 Å². The van der Waals surface area contributed by atoms with Crippen LogP contribution in [0.5, 0.6) is 5.75 Å². The van der Waals surface area contributed by atoms with Crippen molar-refractivity contribution >= 4 is 38.0 Å². The molecule has 1 aromatic heterocycles. The SMILES string of the molecule is NC(=O)c1cc(S(=O)(=O)c2ccc(OC(F)(F)F)cc2)sc1NC(=O)C1(CO)CCC1. The molecule has 1 aliphatic carbocycles. The van der Waals surface area contributed by atoms with Crippen LogP contribution in [-0.2, 0) is 14.6 Å². The van der Waals surface area contributed by atoms with Gasteiger partial charge in [-0.05, 0) is 43.2 Å². The largest absolute Gasteiger partial charge is 0.573 e. The van der Waals surface area contributed by atoms with E-state index in [9.17, 15) is 36.3 Å². The molecular weight excluding hydrogens is 461 g/mol. The highest BCUT2D eigenvalue weighted by atomic mass is 32.2. The molecule has 0 bridgehead atoms. The summed E-state index contributed by atoms with van der Waals surface area (Å²) in [5, 5.41) is 11.9. The quantitative estimate of drug-likeness (QED) is 0.560. The van der Waals surface area contributed by atoms with Crippen molar-refractivity contribution in [1.82, 2.24) is 0 Å². The number of primary amides is 1. The molecule has 0 atom stereocenters. The van der Waals surface area contributed by atoms with Gasteiger partial charge in [-0.1, -0.05) is 6.42 Å². The van der Waals surface area contributed by atoms with E-state index in [-0.39, 0.29) is 19.7 Å². The number of hydrogen-bond donors (Lipinski definition) is 3. The molecule has 0 aliphatic heterocycles. The number of aliphatic hydroxyl groups is 1. The second-order valence-electron chi connectivity index (χ2n) is 6.94. The van der Waals surface area contributed by atoms with Gasteiger partial charge in [0, 0.05) is 0 Å². The third-order valence-electron chi connectivity index (χ3n) is 4.93. The van der Waals surface area contributed by atoms with Crippen molar-refractivity contribution in [3.05, 3.63) is 35.9 Å². The van der Waals surface area contributed by atoms with Crippen LogP contribution in [0.15, 0.2) is 39.4 Å². The Morgan fingerprint density at radius 1 is 1.23 bits per heavy atom. The number of carbonyl (C=O) groups is 2. The summed E-state index contributed by atoms with van der Waals surface area (Å²) in [5.74, 6) is -2.13. The summed E-state index contributed by atoms with van der Waals surface area (Å²) < 4.78 is 65.9. The third-order valence-corrected chi connectivity index (χ3v) is 8.22. The highest BCUT2D eigenvalue weighted by Crippen LogP contribution is 2.43. The summed E-state index contributed by atoms with van der Waals surface area (Å²) in [6.45, 7) is -0.395. The van der Waals surface area contributed by atoms with Crippen LogP contribution in [0.3, 0.4) is 0 Å². The molecule has 13 heteroatoms. The molecule has 8 nitrogen and oxygen atoms in total. The maximum absolute atomic E-state index is 12.9. The zero-order valence-electron chi connectivity index (χ0n) is 15.7. The molecule has 1 aliphatic rings. The van der Waals surface area contributed by atoms with Gasteiger partial charge in [-0.3, -0.25) is 9.59 Å². The van der Waals surface area contributed by atoms with Gasteiger partial charge in [-0.2, -0.15) is 0 Å². The van der Waals surface area contributed by atoms with Crippen molar-refractivity contribution in [2.75, 3.05) is 11.9 Å². The Kier molecular flexibility index (Phi) is 6.04. The molecule has 2 aromatic rings. The molecule has 0 saturated heterocycles. The van der Waals surface area contributed by atoms with Crippen molar-refractivity contribution < 1.29 is 41.0 Å². The van der Waals surface area contributed by atoms with Crippen LogP contribution in [0.1, 0.15) is 29.6 Å². The van der Waals surface area contributed by atoms with Gasteiger partial charge in [0.15, 0.2) is 0 Å². The first-order valence-electron chi connectivity index (χ1n) is 8.85. The van der Waals surface area contributed by atoms with E-state index >= 15 is 0 Å². The number of alkyl halides is 3. The van der Waals surface area contributed by atoms with E-state index in [1.54, 1.807) is 0 Å². The summed E-state index contributed by atoms with van der Waals surface area (Å²) in [6.07, 6.45) is -3.28. The normalized spacial score (nSPS) is 15.7. The number of hydrogen-bond acceptors (Lipinski definition) is 7. The van der Waals surface area contributed by atoms with E-state index in [4.69, 9.17) is 5.73 Å². The van der Waals surface area contributed by atoms with Crippen molar-refractivity contribution in [2.45, 2.75) is 34.7 Å². The molecule has 0 spiro atoms. The van der Waals surface area contributed by atoms with E-state index in [1.165, 1.54) is 0 Å². The van der Waals surface area contributed by atoms with Crippen LogP contribution in [0, 0.1) is 5.41 Å². The number of aliphatic hydroxyl groups excluding tert-OH is 1. The zero-order valence-corrected chi connectivity index (χ0v) is 17.4. The summed E-state index contributed by atoms with van der Waals surface area (Å²) in [7, 11) is -4.23. The van der Waals surface area contributed by atoms with Crippen molar-refractivity contribution in [3.63, 3.8) is 0 Å². The number of benzene rings is 1. The number of rotatable bonds is 7. The number of amides is 2. The highest BCUT2D eigenvalue weighted by Gasteiger charge is 2.44. The Hall–Kier alpha value is -2.64. The number of thiophene rings is 1. The Labute approximate surface area is 178 Å². The van der Waals surface area contributed by atoms with Gasteiger partial charge >= 0.3 is 6.36 Å². The smallest absolute Gasteiger partial charge is 0.406 e. The minimum absolute atomic E-state index is 0.0900. The summed E-state index contributed by atoms with van der Waals surface area (Å²) in [5.41, 5.74) is 4.07. The Morgan fingerprint density at radius 2 is 1.84 bits per heavy atom. The molecule has 168 valence electrons. The fraction of sp³-hybridized carbons (Fsp3) is 0.333. The average molecular weight is 478 g/mol. The maximum Gasteiger partial charge on any atom is 0.573 e. The number of anilines is 1. The van der Waals surface area contributed by atoms with E-state index in [1.807, 2.05) is 0 Å². The summed E-state index contributed by atoms with van der Waals surface area (Å²) in [4.78, 5) is 24.0. The Bertz CT molecular complexity index is 1100. The molecule has 3 rings (SSSR count). The first-order valence-corrected chi connectivity index (χ1v) is 11.1. The van der Waals surface area contributed by atoms with Crippen LogP contribution < -0.4 is 15.8 Å². The highest BCUT2D eigenvalue weighted by molar-refractivity contribution is 7.93. The Balaban J connectivity index is 1.90. The van der Waals surface area contributed by atoms with Gasteiger partial charge in [0.1, 0.15) is 15.0 Å². The van der Waals surface area contributed by atoms with E-state index < -0.39 is 45.8 Å². The number of nitrogens with one attached hydrogen (secondary N) is 1. The van der Waals surface area contributed by atoms with Crippen LogP contribution in [0.2, 0.25) is 0 Å². The molecule has 4 N–H and O–H groups in total.